The van der Waals surface area contributed by atoms with Gasteiger partial charge in [-0.15, -0.1) is 0 Å². The normalized spacial score (nSPS) is 13.9. The third-order valence-corrected chi connectivity index (χ3v) is 6.39. The number of benzene rings is 1. The molecule has 4 rings (SSSR count). The molecule has 2 aromatic heterocycles. The molecule has 1 fully saturated rings. The minimum absolute atomic E-state index is 0.0202. The quantitative estimate of drug-likeness (QED) is 0.564. The molecule has 0 atom stereocenters. The SMILES string of the molecule is CCOc1ccc(CNC(=O)CCC(=O)N2CCN(c3nc4cccnc4s3)CC2)cc1. The van der Waals surface area contributed by atoms with Crippen LogP contribution < -0.4 is 15.0 Å². The second-order valence-corrected chi connectivity index (χ2v) is 8.50. The minimum Gasteiger partial charge on any atom is -0.494 e. The highest BCUT2D eigenvalue weighted by Crippen LogP contribution is 2.27. The van der Waals surface area contributed by atoms with E-state index >= 15 is 0 Å². The number of nitrogens with zero attached hydrogens (tertiary/aromatic N) is 4. The van der Waals surface area contributed by atoms with Crippen LogP contribution in [0.1, 0.15) is 25.3 Å². The van der Waals surface area contributed by atoms with Crippen molar-refractivity contribution in [2.75, 3.05) is 37.7 Å². The molecule has 1 aromatic carbocycles. The van der Waals surface area contributed by atoms with Gasteiger partial charge in [0, 0.05) is 51.8 Å². The van der Waals surface area contributed by atoms with Crippen molar-refractivity contribution >= 4 is 38.6 Å². The van der Waals surface area contributed by atoms with Gasteiger partial charge in [0.25, 0.3) is 0 Å². The number of anilines is 1. The van der Waals surface area contributed by atoms with Crippen LogP contribution in [0.2, 0.25) is 0 Å². The van der Waals surface area contributed by atoms with E-state index in [4.69, 9.17) is 4.74 Å². The van der Waals surface area contributed by atoms with Crippen LogP contribution in [0.15, 0.2) is 42.6 Å². The summed E-state index contributed by atoms with van der Waals surface area (Å²) in [6.45, 7) is 5.74. The summed E-state index contributed by atoms with van der Waals surface area (Å²) < 4.78 is 5.42. The maximum absolute atomic E-state index is 12.6. The van der Waals surface area contributed by atoms with Gasteiger partial charge in [-0.1, -0.05) is 23.5 Å². The number of hydrogen-bond acceptors (Lipinski definition) is 7. The smallest absolute Gasteiger partial charge is 0.223 e. The first kappa shape index (κ1) is 22.0. The molecule has 8 nitrogen and oxygen atoms in total. The van der Waals surface area contributed by atoms with Crippen molar-refractivity contribution < 1.29 is 14.3 Å². The lowest BCUT2D eigenvalue weighted by Gasteiger charge is -2.34. The Morgan fingerprint density at radius 2 is 1.88 bits per heavy atom. The first-order chi connectivity index (χ1) is 15.6. The molecular weight excluding hydrogens is 426 g/mol. The number of carbonyl (C=O) groups excluding carboxylic acids is 2. The highest BCUT2D eigenvalue weighted by molar-refractivity contribution is 7.21. The van der Waals surface area contributed by atoms with Gasteiger partial charge < -0.3 is 19.9 Å². The number of pyridine rings is 1. The van der Waals surface area contributed by atoms with E-state index in [-0.39, 0.29) is 24.7 Å². The monoisotopic (exact) mass is 453 g/mol. The molecule has 3 aromatic rings. The summed E-state index contributed by atoms with van der Waals surface area (Å²) in [6, 6.07) is 11.5. The summed E-state index contributed by atoms with van der Waals surface area (Å²) in [6.07, 6.45) is 2.19. The largest absolute Gasteiger partial charge is 0.494 e. The van der Waals surface area contributed by atoms with E-state index in [1.807, 2.05) is 48.2 Å². The summed E-state index contributed by atoms with van der Waals surface area (Å²) >= 11 is 1.57. The van der Waals surface area contributed by atoms with Gasteiger partial charge in [-0.25, -0.2) is 9.97 Å². The summed E-state index contributed by atoms with van der Waals surface area (Å²) in [5.74, 6) is 0.716. The van der Waals surface area contributed by atoms with Gasteiger partial charge in [-0.2, -0.15) is 0 Å². The summed E-state index contributed by atoms with van der Waals surface area (Å²) in [7, 11) is 0. The van der Waals surface area contributed by atoms with Crippen LogP contribution in [0, 0.1) is 0 Å². The fourth-order valence-corrected chi connectivity index (χ4v) is 4.54. The first-order valence-corrected chi connectivity index (χ1v) is 11.7. The van der Waals surface area contributed by atoms with Crippen LogP contribution in [-0.2, 0) is 16.1 Å². The average Bonchev–Trinajstić information content (AvgIpc) is 3.27. The van der Waals surface area contributed by atoms with Gasteiger partial charge >= 0.3 is 0 Å². The van der Waals surface area contributed by atoms with Gasteiger partial charge in [0.2, 0.25) is 11.8 Å². The predicted octanol–water partition coefficient (Wildman–Crippen LogP) is 2.84. The standard InChI is InChI=1S/C23H27N5O3S/c1-2-31-18-7-5-17(6-8-18)16-25-20(29)9-10-21(30)27-12-14-28(15-13-27)23-26-19-4-3-11-24-22(19)32-23/h3-8,11H,2,9-10,12-16H2,1H3,(H,25,29). The minimum atomic E-state index is -0.118. The molecule has 0 bridgehead atoms. The Hall–Kier alpha value is -3.20. The Balaban J connectivity index is 1.18. The molecule has 0 aliphatic carbocycles. The van der Waals surface area contributed by atoms with Gasteiger partial charge in [0.1, 0.15) is 16.1 Å². The summed E-state index contributed by atoms with van der Waals surface area (Å²) in [5.41, 5.74) is 1.90. The number of carbonyl (C=O) groups is 2. The molecule has 9 heteroatoms. The maximum atomic E-state index is 12.6. The predicted molar refractivity (Wildman–Crippen MR) is 125 cm³/mol. The van der Waals surface area contributed by atoms with Gasteiger partial charge in [0.05, 0.1) is 6.61 Å². The molecule has 1 saturated heterocycles. The van der Waals surface area contributed by atoms with Crippen LogP contribution in [0.25, 0.3) is 10.3 Å². The van der Waals surface area contributed by atoms with Crippen molar-refractivity contribution in [3.63, 3.8) is 0 Å². The number of fused-ring (bicyclic) bond motifs is 1. The Morgan fingerprint density at radius 1 is 1.09 bits per heavy atom. The fraction of sp³-hybridized carbons (Fsp3) is 0.391. The number of hydrogen-bond donors (Lipinski definition) is 1. The van der Waals surface area contributed by atoms with E-state index in [0.29, 0.717) is 26.2 Å². The van der Waals surface area contributed by atoms with E-state index in [9.17, 15) is 9.59 Å². The van der Waals surface area contributed by atoms with Gasteiger partial charge in [-0.05, 0) is 36.8 Å². The molecule has 0 saturated carbocycles. The highest BCUT2D eigenvalue weighted by atomic mass is 32.1. The van der Waals surface area contributed by atoms with Crippen molar-refractivity contribution in [1.29, 1.82) is 0 Å². The molecule has 3 heterocycles. The molecular formula is C23H27N5O3S. The molecule has 32 heavy (non-hydrogen) atoms. The molecule has 0 unspecified atom stereocenters. The van der Waals surface area contributed by atoms with Crippen molar-refractivity contribution in [2.45, 2.75) is 26.3 Å². The Labute approximate surface area is 191 Å². The zero-order valence-corrected chi connectivity index (χ0v) is 18.9. The lowest BCUT2D eigenvalue weighted by atomic mass is 10.2. The van der Waals surface area contributed by atoms with Gasteiger partial charge in [0.15, 0.2) is 5.13 Å². The van der Waals surface area contributed by atoms with Crippen molar-refractivity contribution in [3.8, 4) is 5.75 Å². The molecule has 168 valence electrons. The molecule has 1 aliphatic rings. The number of thiazole rings is 1. The second kappa shape index (κ2) is 10.4. The Bertz CT molecular complexity index is 1030. The third-order valence-electron chi connectivity index (χ3n) is 5.35. The van der Waals surface area contributed by atoms with Crippen LogP contribution >= 0.6 is 11.3 Å². The highest BCUT2D eigenvalue weighted by Gasteiger charge is 2.23. The van der Waals surface area contributed by atoms with Crippen LogP contribution in [-0.4, -0.2) is 59.5 Å². The van der Waals surface area contributed by atoms with Crippen molar-refractivity contribution in [2.24, 2.45) is 0 Å². The molecule has 0 radical (unpaired) electrons. The topological polar surface area (TPSA) is 87.7 Å². The van der Waals surface area contributed by atoms with Crippen molar-refractivity contribution in [1.82, 2.24) is 20.2 Å². The summed E-state index contributed by atoms with van der Waals surface area (Å²) in [4.78, 5) is 38.7. The maximum Gasteiger partial charge on any atom is 0.223 e. The van der Waals surface area contributed by atoms with Crippen molar-refractivity contribution in [3.05, 3.63) is 48.2 Å². The lowest BCUT2D eigenvalue weighted by Crippen LogP contribution is -2.48. The molecule has 1 N–H and O–H groups in total. The Morgan fingerprint density at radius 3 is 2.59 bits per heavy atom. The third kappa shape index (κ3) is 5.53. The Kier molecular flexibility index (Phi) is 7.16. The number of nitrogens with one attached hydrogen (secondary N) is 1. The average molecular weight is 454 g/mol. The number of rotatable bonds is 8. The van der Waals surface area contributed by atoms with E-state index in [2.05, 4.69) is 20.2 Å². The van der Waals surface area contributed by atoms with E-state index in [1.165, 1.54) is 0 Å². The molecule has 0 spiro atoms. The van der Waals surface area contributed by atoms with E-state index < -0.39 is 0 Å². The van der Waals surface area contributed by atoms with Crippen LogP contribution in [0.3, 0.4) is 0 Å². The second-order valence-electron chi connectivity index (χ2n) is 7.55. The number of ether oxygens (including phenoxy) is 1. The van der Waals surface area contributed by atoms with Crippen LogP contribution in [0.5, 0.6) is 5.75 Å². The fourth-order valence-electron chi connectivity index (χ4n) is 3.58. The zero-order chi connectivity index (χ0) is 22.3. The number of aromatic nitrogens is 2. The molecule has 2 amide bonds. The zero-order valence-electron chi connectivity index (χ0n) is 18.1. The van der Waals surface area contributed by atoms with E-state index in [1.54, 1.807) is 17.5 Å². The van der Waals surface area contributed by atoms with Gasteiger partial charge in [-0.3, -0.25) is 9.59 Å². The number of piperazine rings is 1. The molecule has 1 aliphatic heterocycles. The lowest BCUT2D eigenvalue weighted by molar-refractivity contribution is -0.133. The van der Waals surface area contributed by atoms with Crippen LogP contribution in [0.4, 0.5) is 5.13 Å². The first-order valence-electron chi connectivity index (χ1n) is 10.8. The summed E-state index contributed by atoms with van der Waals surface area (Å²) in [5, 5.41) is 3.82. The van der Waals surface area contributed by atoms with E-state index in [0.717, 1.165) is 39.9 Å². The number of amides is 2.